The normalized spacial score (nSPS) is 12.4. The van der Waals surface area contributed by atoms with E-state index in [2.05, 4.69) is 50.0 Å². The first-order chi connectivity index (χ1) is 26.5. The van der Waals surface area contributed by atoms with Gasteiger partial charge in [0, 0.05) is 26.2 Å². The summed E-state index contributed by atoms with van der Waals surface area (Å²) in [5.74, 6) is -0.189. The third-order valence-corrected chi connectivity index (χ3v) is 9.42. The molecule has 0 amide bonds. The Morgan fingerprint density at radius 1 is 0.574 bits per heavy atom. The Kier molecular flexibility index (Phi) is 40.7. The van der Waals surface area contributed by atoms with Gasteiger partial charge in [-0.3, -0.25) is 4.79 Å². The first-order valence-corrected chi connectivity index (χ1v) is 22.3. The second kappa shape index (κ2) is 42.2. The topological polar surface area (TPSA) is 104 Å². The average Bonchev–Trinajstić information content (AvgIpc) is 3.16. The number of esters is 1. The van der Waals surface area contributed by atoms with Gasteiger partial charge in [0.15, 0.2) is 6.29 Å². The van der Waals surface area contributed by atoms with Crippen LogP contribution in [0.1, 0.15) is 188 Å². The van der Waals surface area contributed by atoms with E-state index >= 15 is 0 Å². The number of hydrogen-bond acceptors (Lipinski definition) is 9. The third-order valence-electron chi connectivity index (χ3n) is 9.42. The molecule has 54 heavy (non-hydrogen) atoms. The molecule has 0 radical (unpaired) electrons. The highest BCUT2D eigenvalue weighted by molar-refractivity contribution is 5.69. The molecule has 9 heteroatoms. The maximum atomic E-state index is 12.5. The molecule has 0 heterocycles. The van der Waals surface area contributed by atoms with Crippen molar-refractivity contribution in [3.05, 3.63) is 24.3 Å². The van der Waals surface area contributed by atoms with E-state index in [0.717, 1.165) is 122 Å². The van der Waals surface area contributed by atoms with Gasteiger partial charge in [0.2, 0.25) is 0 Å². The van der Waals surface area contributed by atoms with Crippen molar-refractivity contribution in [3.63, 3.8) is 0 Å². The second-order valence-electron chi connectivity index (χ2n) is 14.7. The summed E-state index contributed by atoms with van der Waals surface area (Å²) in [7, 11) is 0. The number of carbonyl (C=O) groups is 2. The number of unbranched alkanes of at least 4 members (excludes halogenated alkanes) is 15. The number of rotatable bonds is 41. The van der Waals surface area contributed by atoms with Gasteiger partial charge < -0.3 is 33.7 Å². The summed E-state index contributed by atoms with van der Waals surface area (Å²) in [4.78, 5) is 26.8. The van der Waals surface area contributed by atoms with Crippen molar-refractivity contribution in [1.82, 2.24) is 4.90 Å². The fourth-order valence-electron chi connectivity index (χ4n) is 6.12. The quantitative estimate of drug-likeness (QED) is 0.0282. The molecule has 0 aliphatic carbocycles. The summed E-state index contributed by atoms with van der Waals surface area (Å²) in [5, 5.41) is 9.52. The summed E-state index contributed by atoms with van der Waals surface area (Å²) < 4.78 is 28.3. The standard InChI is InChI=1S/C45H85NO8/c1-5-8-11-14-17-18-24-31-42(4)54-45(49)53-41-30-23-26-35-46(36-37-47)34-25-19-22-27-38-50-43(48)32-33-44(51-39-28-20-15-12-9-6-2)52-40-29-21-16-13-10-7-3/h9-10,12-13,42,44,47H,5-8,11,14-41H2,1-4H3/b12-9-,13-10-. The van der Waals surface area contributed by atoms with Gasteiger partial charge in [-0.15, -0.1) is 0 Å². The van der Waals surface area contributed by atoms with Crippen molar-refractivity contribution in [2.75, 3.05) is 52.7 Å². The Labute approximate surface area is 332 Å². The predicted molar refractivity (Wildman–Crippen MR) is 223 cm³/mol. The molecule has 0 saturated carbocycles. The molecule has 318 valence electrons. The lowest BCUT2D eigenvalue weighted by Gasteiger charge is -2.21. The average molecular weight is 768 g/mol. The molecule has 0 fully saturated rings. The van der Waals surface area contributed by atoms with Crippen molar-refractivity contribution < 1.29 is 38.4 Å². The fraction of sp³-hybridized carbons (Fsp3) is 0.867. The molecule has 0 spiro atoms. The minimum absolute atomic E-state index is 0.102. The summed E-state index contributed by atoms with van der Waals surface area (Å²) in [5.41, 5.74) is 0. The highest BCUT2D eigenvalue weighted by Gasteiger charge is 2.14. The molecule has 0 aromatic heterocycles. The zero-order chi connectivity index (χ0) is 39.6. The van der Waals surface area contributed by atoms with Crippen LogP contribution in [0.25, 0.3) is 0 Å². The van der Waals surface area contributed by atoms with Crippen molar-refractivity contribution in [2.24, 2.45) is 0 Å². The van der Waals surface area contributed by atoms with Crippen LogP contribution < -0.4 is 0 Å². The van der Waals surface area contributed by atoms with Crippen molar-refractivity contribution in [1.29, 1.82) is 0 Å². The van der Waals surface area contributed by atoms with E-state index < -0.39 is 6.16 Å². The molecule has 0 saturated heterocycles. The Balaban J connectivity index is 4.05. The molecule has 0 aromatic rings. The molecule has 1 atom stereocenters. The minimum atomic E-state index is -0.556. The minimum Gasteiger partial charge on any atom is -0.466 e. The first kappa shape index (κ1) is 52.1. The lowest BCUT2D eigenvalue weighted by molar-refractivity contribution is -0.159. The zero-order valence-corrected chi connectivity index (χ0v) is 35.6. The van der Waals surface area contributed by atoms with Crippen molar-refractivity contribution in [2.45, 2.75) is 201 Å². The van der Waals surface area contributed by atoms with Gasteiger partial charge in [-0.25, -0.2) is 4.79 Å². The second-order valence-corrected chi connectivity index (χ2v) is 14.7. The predicted octanol–water partition coefficient (Wildman–Crippen LogP) is 11.6. The molecule has 0 bridgehead atoms. The lowest BCUT2D eigenvalue weighted by atomic mass is 10.1. The van der Waals surface area contributed by atoms with Crippen LogP contribution in [-0.2, 0) is 28.5 Å². The highest BCUT2D eigenvalue weighted by Crippen LogP contribution is 2.13. The number of hydrogen-bond donors (Lipinski definition) is 1. The maximum absolute atomic E-state index is 12.5. The van der Waals surface area contributed by atoms with Gasteiger partial charge in [-0.05, 0) is 116 Å². The van der Waals surface area contributed by atoms with Gasteiger partial charge >= 0.3 is 12.1 Å². The SMILES string of the molecule is CC/C=C\CCCCOC(CCC(=O)OCCCCCCN(CCO)CCCCCOC(=O)OC(C)CCCCCCCCC)OCCCC/C=C\CC. The van der Waals surface area contributed by atoms with Crippen LogP contribution in [0.2, 0.25) is 0 Å². The molecule has 1 unspecified atom stereocenters. The molecule has 0 aromatic carbocycles. The number of carbonyl (C=O) groups excluding carboxylic acids is 2. The van der Waals surface area contributed by atoms with E-state index in [0.29, 0.717) is 45.8 Å². The van der Waals surface area contributed by atoms with E-state index in [1.165, 1.54) is 38.5 Å². The molecule has 0 aliphatic rings. The number of ether oxygens (including phenoxy) is 5. The maximum Gasteiger partial charge on any atom is 0.508 e. The Bertz CT molecular complexity index is 843. The Morgan fingerprint density at radius 2 is 1.09 bits per heavy atom. The number of allylic oxidation sites excluding steroid dienone is 4. The Morgan fingerprint density at radius 3 is 1.69 bits per heavy atom. The molecule has 1 N–H and O–H groups in total. The Hall–Kier alpha value is -1.94. The van der Waals surface area contributed by atoms with Crippen LogP contribution in [0.3, 0.4) is 0 Å². The van der Waals surface area contributed by atoms with Crippen LogP contribution >= 0.6 is 0 Å². The first-order valence-electron chi connectivity index (χ1n) is 22.3. The zero-order valence-electron chi connectivity index (χ0n) is 35.6. The van der Waals surface area contributed by atoms with Crippen LogP contribution in [0, 0.1) is 0 Å². The van der Waals surface area contributed by atoms with E-state index in [-0.39, 0.29) is 25.0 Å². The smallest absolute Gasteiger partial charge is 0.466 e. The van der Waals surface area contributed by atoms with Crippen LogP contribution in [-0.4, -0.2) is 87.2 Å². The molecule has 9 nitrogen and oxygen atoms in total. The van der Waals surface area contributed by atoms with Gasteiger partial charge in [0.25, 0.3) is 0 Å². The van der Waals surface area contributed by atoms with E-state index in [1.54, 1.807) is 0 Å². The molecular weight excluding hydrogens is 682 g/mol. The largest absolute Gasteiger partial charge is 0.508 e. The summed E-state index contributed by atoms with van der Waals surface area (Å²) in [6.45, 7) is 13.2. The third kappa shape index (κ3) is 38.3. The molecule has 0 rings (SSSR count). The fourth-order valence-corrected chi connectivity index (χ4v) is 6.12. The monoisotopic (exact) mass is 768 g/mol. The van der Waals surface area contributed by atoms with E-state index in [1.807, 2.05) is 6.92 Å². The van der Waals surface area contributed by atoms with Crippen molar-refractivity contribution in [3.8, 4) is 0 Å². The number of nitrogens with zero attached hydrogens (tertiary/aromatic N) is 1. The van der Waals surface area contributed by atoms with Crippen molar-refractivity contribution >= 4 is 12.1 Å². The summed E-state index contributed by atoms with van der Waals surface area (Å²) in [6.07, 6.45) is 33.4. The number of aliphatic hydroxyl groups excluding tert-OH is 1. The van der Waals surface area contributed by atoms with Crippen LogP contribution in [0.4, 0.5) is 4.79 Å². The molecular formula is C45H85NO8. The highest BCUT2D eigenvalue weighted by atomic mass is 16.7. The van der Waals surface area contributed by atoms with Gasteiger partial charge in [0.05, 0.1) is 26.2 Å². The van der Waals surface area contributed by atoms with Crippen LogP contribution in [0.5, 0.6) is 0 Å². The summed E-state index contributed by atoms with van der Waals surface area (Å²) >= 11 is 0. The van der Waals surface area contributed by atoms with Crippen LogP contribution in [0.15, 0.2) is 24.3 Å². The van der Waals surface area contributed by atoms with Gasteiger partial charge in [0.1, 0.15) is 6.10 Å². The van der Waals surface area contributed by atoms with E-state index in [9.17, 15) is 14.7 Å². The van der Waals surface area contributed by atoms with E-state index in [4.69, 9.17) is 23.7 Å². The number of aliphatic hydroxyl groups is 1. The lowest BCUT2D eigenvalue weighted by Crippen LogP contribution is -2.29. The van der Waals surface area contributed by atoms with Gasteiger partial charge in [-0.2, -0.15) is 0 Å². The molecule has 0 aliphatic heterocycles. The summed E-state index contributed by atoms with van der Waals surface area (Å²) in [6, 6.07) is 0. The van der Waals surface area contributed by atoms with Gasteiger partial charge in [-0.1, -0.05) is 96.4 Å².